The Kier molecular flexibility index (Phi) is 2.16. The van der Waals surface area contributed by atoms with Crippen molar-refractivity contribution in [2.24, 2.45) is 0 Å². The minimum atomic E-state index is -1.02. The van der Waals surface area contributed by atoms with E-state index in [-0.39, 0.29) is 11.3 Å². The topological polar surface area (TPSA) is 61.2 Å². The number of nitrogens with zero attached hydrogens (tertiary/aromatic N) is 2. The molecule has 80 valence electrons. The maximum absolute atomic E-state index is 13.4. The van der Waals surface area contributed by atoms with Crippen molar-refractivity contribution in [3.8, 4) is 6.07 Å². The molecular formula is C10H4F2N2O2. The van der Waals surface area contributed by atoms with Gasteiger partial charge in [0.25, 0.3) is 11.7 Å². The number of amides is 1. The molecule has 0 N–H and O–H groups in total. The van der Waals surface area contributed by atoms with Crippen molar-refractivity contribution in [2.45, 2.75) is 0 Å². The van der Waals surface area contributed by atoms with Crippen LogP contribution in [0.2, 0.25) is 0 Å². The number of nitriles is 1. The van der Waals surface area contributed by atoms with Crippen molar-refractivity contribution in [3.63, 3.8) is 0 Å². The van der Waals surface area contributed by atoms with Crippen molar-refractivity contribution in [1.82, 2.24) is 0 Å². The van der Waals surface area contributed by atoms with Crippen LogP contribution in [-0.4, -0.2) is 18.2 Å². The molecule has 1 aromatic carbocycles. The highest BCUT2D eigenvalue weighted by Gasteiger charge is 2.38. The normalized spacial score (nSPS) is 13.9. The lowest BCUT2D eigenvalue weighted by molar-refractivity contribution is -0.114. The van der Waals surface area contributed by atoms with E-state index in [1.165, 1.54) is 0 Å². The third-order valence-electron chi connectivity index (χ3n) is 2.21. The van der Waals surface area contributed by atoms with Crippen LogP contribution in [0.15, 0.2) is 12.1 Å². The number of benzene rings is 1. The molecule has 16 heavy (non-hydrogen) atoms. The SMILES string of the molecule is N#CCN1C(=O)C(=O)c2cc(F)cc(F)c21. The van der Waals surface area contributed by atoms with Crippen LogP contribution in [0.5, 0.6) is 0 Å². The zero-order chi connectivity index (χ0) is 11.9. The van der Waals surface area contributed by atoms with Gasteiger partial charge in [-0.1, -0.05) is 0 Å². The number of hydrogen-bond acceptors (Lipinski definition) is 3. The molecule has 1 aliphatic heterocycles. The molecule has 0 aliphatic carbocycles. The average molecular weight is 222 g/mol. The van der Waals surface area contributed by atoms with Crippen LogP contribution in [0.1, 0.15) is 10.4 Å². The Morgan fingerprint density at radius 1 is 1.31 bits per heavy atom. The van der Waals surface area contributed by atoms with Crippen LogP contribution in [0.4, 0.5) is 14.5 Å². The second kappa shape index (κ2) is 3.38. The van der Waals surface area contributed by atoms with Crippen molar-refractivity contribution in [2.75, 3.05) is 11.4 Å². The van der Waals surface area contributed by atoms with E-state index in [9.17, 15) is 18.4 Å². The van der Waals surface area contributed by atoms with E-state index in [0.29, 0.717) is 11.0 Å². The molecule has 0 aromatic heterocycles. The van der Waals surface area contributed by atoms with Crippen molar-refractivity contribution in [3.05, 3.63) is 29.3 Å². The van der Waals surface area contributed by atoms with E-state index < -0.39 is 29.9 Å². The fraction of sp³-hybridized carbons (Fsp3) is 0.100. The fourth-order valence-corrected chi connectivity index (χ4v) is 1.57. The summed E-state index contributed by atoms with van der Waals surface area (Å²) in [6.07, 6.45) is 0. The summed E-state index contributed by atoms with van der Waals surface area (Å²) in [4.78, 5) is 23.4. The number of anilines is 1. The molecule has 0 unspecified atom stereocenters. The van der Waals surface area contributed by atoms with E-state index >= 15 is 0 Å². The van der Waals surface area contributed by atoms with Gasteiger partial charge in [0, 0.05) is 6.07 Å². The third-order valence-corrected chi connectivity index (χ3v) is 2.21. The summed E-state index contributed by atoms with van der Waals surface area (Å²) in [7, 11) is 0. The van der Waals surface area contributed by atoms with Crippen LogP contribution < -0.4 is 4.90 Å². The Morgan fingerprint density at radius 3 is 2.62 bits per heavy atom. The zero-order valence-corrected chi connectivity index (χ0v) is 7.83. The lowest BCUT2D eigenvalue weighted by Gasteiger charge is -2.12. The predicted octanol–water partition coefficient (Wildman–Crippen LogP) is 1.02. The van der Waals surface area contributed by atoms with Gasteiger partial charge in [-0.15, -0.1) is 0 Å². The van der Waals surface area contributed by atoms with Gasteiger partial charge >= 0.3 is 0 Å². The minimum Gasteiger partial charge on any atom is -0.288 e. The molecule has 0 radical (unpaired) electrons. The van der Waals surface area contributed by atoms with E-state index in [4.69, 9.17) is 5.26 Å². The number of carbonyl (C=O) groups excluding carboxylic acids is 2. The third kappa shape index (κ3) is 1.26. The maximum Gasteiger partial charge on any atom is 0.300 e. The number of carbonyl (C=O) groups is 2. The minimum absolute atomic E-state index is 0.321. The Morgan fingerprint density at radius 2 is 2.00 bits per heavy atom. The van der Waals surface area contributed by atoms with Gasteiger partial charge in [-0.05, 0) is 6.07 Å². The van der Waals surface area contributed by atoms with Crippen LogP contribution in [0.25, 0.3) is 0 Å². The molecule has 1 aliphatic rings. The molecule has 1 aromatic rings. The van der Waals surface area contributed by atoms with Crippen LogP contribution >= 0.6 is 0 Å². The first kappa shape index (κ1) is 10.2. The number of rotatable bonds is 1. The standard InChI is InChI=1S/C10H4F2N2O2/c11-5-3-6-8(7(12)4-5)14(2-1-13)10(16)9(6)15/h3-4H,2H2. The largest absolute Gasteiger partial charge is 0.300 e. The molecule has 1 amide bonds. The van der Waals surface area contributed by atoms with Crippen LogP contribution in [0.3, 0.4) is 0 Å². The predicted molar refractivity (Wildman–Crippen MR) is 48.7 cm³/mol. The van der Waals surface area contributed by atoms with Crippen LogP contribution in [-0.2, 0) is 4.79 Å². The average Bonchev–Trinajstić information content (AvgIpc) is 2.44. The molecular weight excluding hydrogens is 218 g/mol. The first-order valence-corrected chi connectivity index (χ1v) is 4.28. The Hall–Kier alpha value is -2.29. The molecule has 4 nitrogen and oxygen atoms in total. The molecule has 1 heterocycles. The molecule has 0 atom stereocenters. The monoisotopic (exact) mass is 222 g/mol. The Balaban J connectivity index is 2.66. The van der Waals surface area contributed by atoms with Gasteiger partial charge in [0.2, 0.25) is 0 Å². The lowest BCUT2D eigenvalue weighted by atomic mass is 10.1. The summed E-state index contributed by atoms with van der Waals surface area (Å²) in [5, 5.41) is 8.45. The maximum atomic E-state index is 13.4. The highest BCUT2D eigenvalue weighted by Crippen LogP contribution is 2.32. The van der Waals surface area contributed by atoms with Gasteiger partial charge < -0.3 is 0 Å². The number of hydrogen-bond donors (Lipinski definition) is 0. The lowest BCUT2D eigenvalue weighted by Crippen LogP contribution is -2.30. The number of halogens is 2. The summed E-state index contributed by atoms with van der Waals surface area (Å²) in [6, 6.07) is 2.99. The first-order valence-electron chi connectivity index (χ1n) is 4.28. The highest BCUT2D eigenvalue weighted by atomic mass is 19.1. The molecule has 0 spiro atoms. The van der Waals surface area contributed by atoms with E-state index in [1.54, 1.807) is 6.07 Å². The second-order valence-corrected chi connectivity index (χ2v) is 3.16. The number of Topliss-reactive ketones (excluding diaryl/α,β-unsaturated/α-hetero) is 1. The molecule has 6 heteroatoms. The Labute approximate surface area is 88.7 Å². The molecule has 0 saturated carbocycles. The summed E-state index contributed by atoms with van der Waals surface area (Å²) in [5.41, 5.74) is -0.657. The molecule has 0 fully saturated rings. The van der Waals surface area contributed by atoms with Crippen LogP contribution in [0, 0.1) is 23.0 Å². The van der Waals surface area contributed by atoms with E-state index in [2.05, 4.69) is 0 Å². The van der Waals surface area contributed by atoms with Gasteiger partial charge in [-0.3, -0.25) is 14.5 Å². The van der Waals surface area contributed by atoms with Crippen molar-refractivity contribution < 1.29 is 18.4 Å². The van der Waals surface area contributed by atoms with Crippen molar-refractivity contribution in [1.29, 1.82) is 5.26 Å². The van der Waals surface area contributed by atoms with Gasteiger partial charge in [0.1, 0.15) is 12.4 Å². The molecule has 2 rings (SSSR count). The molecule has 0 saturated heterocycles. The van der Waals surface area contributed by atoms with E-state index in [1.807, 2.05) is 0 Å². The first-order chi connectivity index (χ1) is 7.56. The quantitative estimate of drug-likeness (QED) is 0.526. The second-order valence-electron chi connectivity index (χ2n) is 3.16. The summed E-state index contributed by atoms with van der Waals surface area (Å²) in [6.45, 7) is -0.444. The smallest absolute Gasteiger partial charge is 0.288 e. The van der Waals surface area contributed by atoms with Crippen molar-refractivity contribution >= 4 is 17.4 Å². The fourth-order valence-electron chi connectivity index (χ4n) is 1.57. The van der Waals surface area contributed by atoms with E-state index in [0.717, 1.165) is 6.07 Å². The summed E-state index contributed by atoms with van der Waals surface area (Å²) in [5.74, 6) is -3.97. The van der Waals surface area contributed by atoms with Gasteiger partial charge in [0.15, 0.2) is 5.82 Å². The summed E-state index contributed by atoms with van der Waals surface area (Å²) < 4.78 is 26.2. The number of ketones is 1. The Bertz CT molecular complexity index is 548. The zero-order valence-electron chi connectivity index (χ0n) is 7.83. The molecule has 0 bridgehead atoms. The highest BCUT2D eigenvalue weighted by molar-refractivity contribution is 6.52. The van der Waals surface area contributed by atoms with Gasteiger partial charge in [-0.2, -0.15) is 5.26 Å². The summed E-state index contributed by atoms with van der Waals surface area (Å²) >= 11 is 0. The van der Waals surface area contributed by atoms with Gasteiger partial charge in [-0.25, -0.2) is 8.78 Å². The number of fused-ring (bicyclic) bond motifs is 1. The van der Waals surface area contributed by atoms with Gasteiger partial charge in [0.05, 0.1) is 17.3 Å².